The number of aromatic nitrogens is 6. The number of rotatable bonds is 6. The van der Waals surface area contributed by atoms with Gasteiger partial charge in [-0.25, -0.2) is 9.36 Å². The van der Waals surface area contributed by atoms with Crippen LogP contribution in [0.5, 0.6) is 0 Å². The number of thioether (sulfide) groups is 1. The Morgan fingerprint density at radius 2 is 2.04 bits per heavy atom. The molecule has 9 heteroatoms. The van der Waals surface area contributed by atoms with Crippen LogP contribution < -0.4 is 5.32 Å². The normalized spacial score (nSPS) is 17.0. The first-order chi connectivity index (χ1) is 12.1. The van der Waals surface area contributed by atoms with E-state index >= 15 is 0 Å². The van der Waals surface area contributed by atoms with Crippen molar-refractivity contribution in [3.8, 4) is 0 Å². The molecule has 0 bridgehead atoms. The Morgan fingerprint density at radius 1 is 1.28 bits per heavy atom. The number of anilines is 1. The Hall–Kier alpha value is -1.90. The molecule has 0 aromatic carbocycles. The summed E-state index contributed by atoms with van der Waals surface area (Å²) in [5.41, 5.74) is 0. The van der Waals surface area contributed by atoms with Gasteiger partial charge in [-0.3, -0.25) is 4.79 Å². The van der Waals surface area contributed by atoms with Crippen LogP contribution in [-0.2, 0) is 4.79 Å². The number of nitrogens with zero attached hydrogens (tertiary/aromatic N) is 6. The summed E-state index contributed by atoms with van der Waals surface area (Å²) in [7, 11) is 0. The summed E-state index contributed by atoms with van der Waals surface area (Å²) < 4.78 is 3.69. The molecule has 1 N–H and O–H groups in total. The molecule has 0 spiro atoms. The van der Waals surface area contributed by atoms with Crippen molar-refractivity contribution < 1.29 is 4.79 Å². The van der Waals surface area contributed by atoms with E-state index in [-0.39, 0.29) is 17.2 Å². The van der Waals surface area contributed by atoms with Gasteiger partial charge < -0.3 is 5.32 Å². The summed E-state index contributed by atoms with van der Waals surface area (Å²) in [5, 5.41) is 19.7. The fourth-order valence-corrected chi connectivity index (χ4v) is 3.94. The third-order valence-electron chi connectivity index (χ3n) is 4.45. The van der Waals surface area contributed by atoms with Crippen LogP contribution in [0.25, 0.3) is 0 Å². The second-order valence-corrected chi connectivity index (χ2v) is 8.01. The third kappa shape index (κ3) is 4.20. The Morgan fingerprint density at radius 3 is 2.76 bits per heavy atom. The standard InChI is InChI=1S/C16H25N7OS/c1-11(2)22-14(9-10-17-22)18-15(24)12(3)25-16-19-20-21-23(16)13-7-5-4-6-8-13/h9-13H,4-8H2,1-3H3,(H,18,24). The molecule has 2 heterocycles. The molecule has 3 rings (SSSR count). The lowest BCUT2D eigenvalue weighted by Gasteiger charge is -2.22. The average Bonchev–Trinajstić information content (AvgIpc) is 3.25. The highest BCUT2D eigenvalue weighted by Gasteiger charge is 2.24. The molecule has 2 aromatic heterocycles. The largest absolute Gasteiger partial charge is 0.310 e. The maximum atomic E-state index is 12.5. The van der Waals surface area contributed by atoms with Gasteiger partial charge in [0.15, 0.2) is 0 Å². The van der Waals surface area contributed by atoms with Crippen LogP contribution in [0.3, 0.4) is 0 Å². The van der Waals surface area contributed by atoms with E-state index < -0.39 is 0 Å². The molecule has 1 fully saturated rings. The molecule has 0 saturated heterocycles. The fourth-order valence-electron chi connectivity index (χ4n) is 3.08. The maximum absolute atomic E-state index is 12.5. The molecule has 2 aromatic rings. The molecule has 0 aliphatic heterocycles. The second-order valence-electron chi connectivity index (χ2n) is 6.70. The minimum absolute atomic E-state index is 0.0782. The van der Waals surface area contributed by atoms with Gasteiger partial charge in [-0.05, 0) is 44.0 Å². The lowest BCUT2D eigenvalue weighted by atomic mass is 9.96. The number of hydrogen-bond donors (Lipinski definition) is 1. The fraction of sp³-hybridized carbons (Fsp3) is 0.688. The van der Waals surface area contributed by atoms with Crippen LogP contribution in [0, 0.1) is 0 Å². The van der Waals surface area contributed by atoms with E-state index in [9.17, 15) is 4.79 Å². The number of hydrogen-bond acceptors (Lipinski definition) is 6. The minimum Gasteiger partial charge on any atom is -0.310 e. The third-order valence-corrected chi connectivity index (χ3v) is 5.49. The Bertz CT molecular complexity index is 705. The Balaban J connectivity index is 1.64. The SMILES string of the molecule is CC(Sc1nnnn1C1CCCCC1)C(=O)Nc1ccnn1C(C)C. The predicted octanol–water partition coefficient (Wildman–Crippen LogP) is 3.08. The van der Waals surface area contributed by atoms with Gasteiger partial charge in [0.25, 0.3) is 0 Å². The molecular formula is C16H25N7OS. The van der Waals surface area contributed by atoms with Gasteiger partial charge in [-0.15, -0.1) is 5.10 Å². The van der Waals surface area contributed by atoms with Gasteiger partial charge >= 0.3 is 0 Å². The predicted molar refractivity (Wildman–Crippen MR) is 96.5 cm³/mol. The summed E-state index contributed by atoms with van der Waals surface area (Å²) in [5.74, 6) is 0.630. The first-order valence-corrected chi connectivity index (χ1v) is 9.73. The van der Waals surface area contributed by atoms with Gasteiger partial charge in [0.1, 0.15) is 5.82 Å². The molecule has 0 radical (unpaired) electrons. The summed E-state index contributed by atoms with van der Waals surface area (Å²) >= 11 is 1.40. The summed E-state index contributed by atoms with van der Waals surface area (Å²) in [6.07, 6.45) is 7.60. The minimum atomic E-state index is -0.302. The quantitative estimate of drug-likeness (QED) is 0.793. The number of amides is 1. The van der Waals surface area contributed by atoms with E-state index in [0.717, 1.165) is 12.8 Å². The van der Waals surface area contributed by atoms with Crippen molar-refractivity contribution in [3.05, 3.63) is 12.3 Å². The first-order valence-electron chi connectivity index (χ1n) is 8.85. The zero-order valence-electron chi connectivity index (χ0n) is 14.9. The van der Waals surface area contributed by atoms with E-state index in [2.05, 4.69) is 25.9 Å². The summed E-state index contributed by atoms with van der Waals surface area (Å²) in [4.78, 5) is 12.5. The van der Waals surface area contributed by atoms with Crippen molar-refractivity contribution in [2.45, 2.75) is 75.4 Å². The summed E-state index contributed by atoms with van der Waals surface area (Å²) in [6, 6.07) is 2.34. The van der Waals surface area contributed by atoms with Crippen LogP contribution in [0.1, 0.15) is 65.0 Å². The van der Waals surface area contributed by atoms with Gasteiger partial charge in [-0.1, -0.05) is 31.0 Å². The lowest BCUT2D eigenvalue weighted by molar-refractivity contribution is -0.115. The highest BCUT2D eigenvalue weighted by atomic mass is 32.2. The number of nitrogens with one attached hydrogen (secondary N) is 1. The summed E-state index contributed by atoms with van der Waals surface area (Å²) in [6.45, 7) is 5.92. The number of tetrazole rings is 1. The molecule has 8 nitrogen and oxygen atoms in total. The van der Waals surface area contributed by atoms with Crippen LogP contribution in [0.4, 0.5) is 5.82 Å². The van der Waals surface area contributed by atoms with Crippen molar-refractivity contribution in [1.29, 1.82) is 0 Å². The van der Waals surface area contributed by atoms with Gasteiger partial charge in [0.05, 0.1) is 17.5 Å². The molecule has 25 heavy (non-hydrogen) atoms. The van der Waals surface area contributed by atoms with Crippen LogP contribution >= 0.6 is 11.8 Å². The molecule has 1 atom stereocenters. The Labute approximate surface area is 151 Å². The van der Waals surface area contributed by atoms with Crippen LogP contribution in [0.15, 0.2) is 17.4 Å². The van der Waals surface area contributed by atoms with Crippen molar-refractivity contribution in [2.24, 2.45) is 0 Å². The molecule has 1 unspecified atom stereocenters. The van der Waals surface area contributed by atoms with Crippen molar-refractivity contribution >= 4 is 23.5 Å². The molecule has 1 aliphatic carbocycles. The van der Waals surface area contributed by atoms with Crippen LogP contribution in [-0.4, -0.2) is 41.1 Å². The van der Waals surface area contributed by atoms with Crippen molar-refractivity contribution in [3.63, 3.8) is 0 Å². The Kier molecular flexibility index (Phi) is 5.72. The highest BCUT2D eigenvalue weighted by molar-refractivity contribution is 8.00. The van der Waals surface area contributed by atoms with Crippen molar-refractivity contribution in [1.82, 2.24) is 30.0 Å². The van der Waals surface area contributed by atoms with Gasteiger partial charge in [-0.2, -0.15) is 5.10 Å². The molecular weight excluding hydrogens is 338 g/mol. The zero-order valence-corrected chi connectivity index (χ0v) is 15.7. The smallest absolute Gasteiger partial charge is 0.238 e. The number of carbonyl (C=O) groups is 1. The molecule has 1 saturated carbocycles. The zero-order chi connectivity index (χ0) is 17.8. The number of carbonyl (C=O) groups excluding carboxylic acids is 1. The van der Waals surface area contributed by atoms with E-state index in [1.165, 1.54) is 31.0 Å². The lowest BCUT2D eigenvalue weighted by Crippen LogP contribution is -2.25. The highest BCUT2D eigenvalue weighted by Crippen LogP contribution is 2.31. The molecule has 1 amide bonds. The maximum Gasteiger partial charge on any atom is 0.238 e. The van der Waals surface area contributed by atoms with E-state index in [1.807, 2.05) is 25.5 Å². The molecule has 1 aliphatic rings. The van der Waals surface area contributed by atoms with Crippen LogP contribution in [0.2, 0.25) is 0 Å². The van der Waals surface area contributed by atoms with Gasteiger partial charge in [0.2, 0.25) is 11.1 Å². The molecule has 136 valence electrons. The van der Waals surface area contributed by atoms with Gasteiger partial charge in [0, 0.05) is 12.1 Å². The second kappa shape index (κ2) is 7.99. The topological polar surface area (TPSA) is 90.5 Å². The van der Waals surface area contributed by atoms with E-state index in [1.54, 1.807) is 16.9 Å². The first kappa shape index (κ1) is 17.9. The van der Waals surface area contributed by atoms with E-state index in [4.69, 9.17) is 0 Å². The van der Waals surface area contributed by atoms with Crippen molar-refractivity contribution in [2.75, 3.05) is 5.32 Å². The average molecular weight is 363 g/mol. The monoisotopic (exact) mass is 363 g/mol. The van der Waals surface area contributed by atoms with E-state index in [0.29, 0.717) is 17.0 Å².